The first-order chi connectivity index (χ1) is 20.1. The first kappa shape index (κ1) is 28.2. The molecule has 1 aromatic rings. The van der Waals surface area contributed by atoms with Crippen LogP contribution < -0.4 is 15.4 Å². The van der Waals surface area contributed by atoms with Crippen molar-refractivity contribution in [3.63, 3.8) is 0 Å². The second kappa shape index (κ2) is 10.4. The molecule has 2 saturated carbocycles. The lowest BCUT2D eigenvalue weighted by molar-refractivity contribution is -0.148. The number of fused-ring (bicyclic) bond motifs is 6. The van der Waals surface area contributed by atoms with Gasteiger partial charge >= 0.3 is 6.09 Å². The monoisotopic (exact) mass is 582 g/mol. The molecule has 13 heteroatoms. The summed E-state index contributed by atoms with van der Waals surface area (Å²) in [5.41, 5.74) is -1.51. The van der Waals surface area contributed by atoms with Crippen molar-refractivity contribution in [3.05, 3.63) is 18.3 Å². The van der Waals surface area contributed by atoms with E-state index < -0.39 is 59.6 Å². The number of ether oxygens (including phenoxy) is 2. The maximum absolute atomic E-state index is 15.1. The van der Waals surface area contributed by atoms with Crippen LogP contribution in [0.15, 0.2) is 18.3 Å². The largest absolute Gasteiger partial charge is 0.472 e. The minimum Gasteiger partial charge on any atom is -0.472 e. The van der Waals surface area contributed by atoms with E-state index in [4.69, 9.17) is 9.47 Å². The molecule has 2 bridgehead atoms. The summed E-state index contributed by atoms with van der Waals surface area (Å²) in [6, 6.07) is 2.46. The van der Waals surface area contributed by atoms with Crippen LogP contribution in [0.4, 0.5) is 15.0 Å². The van der Waals surface area contributed by atoms with Gasteiger partial charge in [-0.2, -0.15) is 5.26 Å². The maximum Gasteiger partial charge on any atom is 0.407 e. The van der Waals surface area contributed by atoms with E-state index in [9.17, 15) is 24.4 Å². The molecule has 4 fully saturated rings. The summed E-state index contributed by atoms with van der Waals surface area (Å²) >= 11 is 0. The molecule has 1 aromatic heterocycles. The summed E-state index contributed by atoms with van der Waals surface area (Å²) in [7, 11) is 1.21. The number of alkyl halides is 1. The van der Waals surface area contributed by atoms with E-state index in [1.807, 2.05) is 13.8 Å². The molecule has 4 amide bonds. The maximum atomic E-state index is 15.1. The Balaban J connectivity index is 1.34. The highest BCUT2D eigenvalue weighted by molar-refractivity contribution is 6.01. The third-order valence-corrected chi connectivity index (χ3v) is 10.2. The van der Waals surface area contributed by atoms with E-state index in [0.717, 1.165) is 0 Å². The molecular formula is C29H35FN6O6. The molecule has 6 rings (SSSR count). The van der Waals surface area contributed by atoms with Gasteiger partial charge in [-0.15, -0.1) is 0 Å². The zero-order valence-electron chi connectivity index (χ0n) is 23.8. The molecule has 10 atom stereocenters. The van der Waals surface area contributed by atoms with Crippen LogP contribution in [0.25, 0.3) is 0 Å². The standard InChI is InChI=1S/C29H35FN6O6/c1-4-14(2)22(33-28(40)41-3)25(37)35-12-18-15-8-17(19(30)9-15)21(18)23(35)26(38)36-13-29(10-16(36)11-31)27(39)34-24-20(42-29)6-5-7-32-24/h5-7,14-19,21-23H,4,8-10,12-13H2,1-3H3,(H,33,40)(H,32,34,39). The van der Waals surface area contributed by atoms with Crippen LogP contribution in [0, 0.1) is 40.9 Å². The van der Waals surface area contributed by atoms with E-state index in [2.05, 4.69) is 21.7 Å². The lowest BCUT2D eigenvalue weighted by Gasteiger charge is -2.37. The Hall–Kier alpha value is -3.95. The molecule has 0 aromatic carbocycles. The molecule has 224 valence electrons. The van der Waals surface area contributed by atoms with Crippen LogP contribution in [0.2, 0.25) is 0 Å². The van der Waals surface area contributed by atoms with Crippen LogP contribution in [-0.4, -0.2) is 88.7 Å². The van der Waals surface area contributed by atoms with Crippen LogP contribution >= 0.6 is 0 Å². The Labute approximate surface area is 242 Å². The zero-order chi connectivity index (χ0) is 29.9. The van der Waals surface area contributed by atoms with Crippen molar-refractivity contribution in [2.24, 2.45) is 29.6 Å². The number of hydrogen-bond donors (Lipinski definition) is 2. The average Bonchev–Trinajstić information content (AvgIpc) is 3.75. The highest BCUT2D eigenvalue weighted by Gasteiger charge is 2.65. The summed E-state index contributed by atoms with van der Waals surface area (Å²) in [4.78, 5) is 61.1. The number of pyridine rings is 1. The number of alkyl carbamates (subject to hydrolysis) is 1. The van der Waals surface area contributed by atoms with Gasteiger partial charge < -0.3 is 29.9 Å². The Morgan fingerprint density at radius 2 is 2.12 bits per heavy atom. The normalized spacial score (nSPS) is 35.5. The second-order valence-corrected chi connectivity index (χ2v) is 12.3. The van der Waals surface area contributed by atoms with Crippen LogP contribution in [0.1, 0.15) is 39.5 Å². The van der Waals surface area contributed by atoms with Gasteiger partial charge in [-0.25, -0.2) is 14.2 Å². The summed E-state index contributed by atoms with van der Waals surface area (Å²) in [5, 5.41) is 15.5. The number of likely N-dealkylation sites (tertiary alicyclic amines) is 2. The quantitative estimate of drug-likeness (QED) is 0.534. The summed E-state index contributed by atoms with van der Waals surface area (Å²) in [6.45, 7) is 3.77. The smallest absolute Gasteiger partial charge is 0.407 e. The highest BCUT2D eigenvalue weighted by atomic mass is 19.1. The van der Waals surface area contributed by atoms with Gasteiger partial charge in [-0.1, -0.05) is 20.3 Å². The first-order valence-electron chi connectivity index (χ1n) is 14.6. The Bertz CT molecular complexity index is 1350. The molecule has 42 heavy (non-hydrogen) atoms. The fourth-order valence-electron chi connectivity index (χ4n) is 7.97. The first-order valence-corrected chi connectivity index (χ1v) is 14.6. The Morgan fingerprint density at radius 3 is 2.83 bits per heavy atom. The number of nitrogens with zero attached hydrogens (tertiary/aromatic N) is 4. The minimum absolute atomic E-state index is 0.0480. The summed E-state index contributed by atoms with van der Waals surface area (Å²) in [6.07, 6.45) is 1.24. The third-order valence-electron chi connectivity index (χ3n) is 10.2. The predicted octanol–water partition coefficient (Wildman–Crippen LogP) is 1.87. The van der Waals surface area contributed by atoms with Gasteiger partial charge in [-0.3, -0.25) is 14.4 Å². The van der Waals surface area contributed by atoms with Crippen molar-refractivity contribution >= 4 is 29.6 Å². The van der Waals surface area contributed by atoms with Crippen LogP contribution in [-0.2, 0) is 19.1 Å². The molecule has 2 saturated heterocycles. The number of methoxy groups -OCH3 is 1. The van der Waals surface area contributed by atoms with E-state index in [0.29, 0.717) is 25.0 Å². The van der Waals surface area contributed by atoms with Crippen molar-refractivity contribution in [3.8, 4) is 11.8 Å². The van der Waals surface area contributed by atoms with Crippen LogP contribution in [0.3, 0.4) is 0 Å². The van der Waals surface area contributed by atoms with E-state index in [-0.39, 0.29) is 49.0 Å². The molecule has 4 heterocycles. The Kier molecular flexibility index (Phi) is 6.98. The van der Waals surface area contributed by atoms with Gasteiger partial charge in [0.05, 0.1) is 19.7 Å². The number of hydrogen-bond acceptors (Lipinski definition) is 8. The lowest BCUT2D eigenvalue weighted by Crippen LogP contribution is -2.59. The van der Waals surface area contributed by atoms with Gasteiger partial charge in [0.1, 0.15) is 24.3 Å². The number of carbonyl (C=O) groups is 4. The van der Waals surface area contributed by atoms with Gasteiger partial charge in [-0.05, 0) is 54.6 Å². The molecule has 12 nitrogen and oxygen atoms in total. The number of aromatic nitrogens is 1. The predicted molar refractivity (Wildman–Crippen MR) is 144 cm³/mol. The van der Waals surface area contributed by atoms with E-state index in [1.54, 1.807) is 12.1 Å². The van der Waals surface area contributed by atoms with Gasteiger partial charge in [0.25, 0.3) is 5.91 Å². The fourth-order valence-corrected chi connectivity index (χ4v) is 7.97. The molecular weight excluding hydrogens is 547 g/mol. The van der Waals surface area contributed by atoms with Crippen molar-refractivity contribution in [1.29, 1.82) is 5.26 Å². The number of rotatable bonds is 5. The zero-order valence-corrected chi connectivity index (χ0v) is 23.8. The number of nitriles is 1. The van der Waals surface area contributed by atoms with Crippen molar-refractivity contribution < 1.29 is 33.0 Å². The second-order valence-electron chi connectivity index (χ2n) is 12.3. The third kappa shape index (κ3) is 4.25. The van der Waals surface area contributed by atoms with Gasteiger partial charge in [0.15, 0.2) is 11.6 Å². The summed E-state index contributed by atoms with van der Waals surface area (Å²) in [5.74, 6) is -1.96. The molecule has 5 aliphatic rings. The molecule has 2 aliphatic carbocycles. The van der Waals surface area contributed by atoms with Crippen LogP contribution in [0.5, 0.6) is 5.75 Å². The minimum atomic E-state index is -1.51. The number of anilines is 1. The topological polar surface area (TPSA) is 154 Å². The molecule has 1 spiro atoms. The Morgan fingerprint density at radius 1 is 1.33 bits per heavy atom. The number of amides is 4. The van der Waals surface area contributed by atoms with E-state index in [1.165, 1.54) is 23.1 Å². The average molecular weight is 583 g/mol. The number of nitrogens with one attached hydrogen (secondary N) is 2. The van der Waals surface area contributed by atoms with Crippen molar-refractivity contribution in [2.75, 3.05) is 25.5 Å². The highest BCUT2D eigenvalue weighted by Crippen LogP contribution is 2.59. The molecule has 3 aliphatic heterocycles. The van der Waals surface area contributed by atoms with Crippen molar-refractivity contribution in [2.45, 2.75) is 69.4 Å². The number of halogens is 1. The van der Waals surface area contributed by atoms with E-state index >= 15 is 4.39 Å². The lowest BCUT2D eigenvalue weighted by atomic mass is 9.77. The fraction of sp³-hybridized carbons (Fsp3) is 0.655. The molecule has 0 radical (unpaired) electrons. The molecule has 2 N–H and O–H groups in total. The van der Waals surface area contributed by atoms with Gasteiger partial charge in [0, 0.05) is 19.2 Å². The van der Waals surface area contributed by atoms with Crippen molar-refractivity contribution in [1.82, 2.24) is 20.1 Å². The summed E-state index contributed by atoms with van der Waals surface area (Å²) < 4.78 is 26.0. The molecule has 10 unspecified atom stereocenters. The SMILES string of the molecule is CCC(C)C(NC(=O)OC)C(=O)N1CC2C3CC(F)C(C3)C2C1C(=O)N1CC2(CC1C#N)Oc1cccnc1NC2=O. The van der Waals surface area contributed by atoms with Gasteiger partial charge in [0.2, 0.25) is 17.4 Å². The number of carbonyl (C=O) groups excluding carboxylic acids is 4.